The highest BCUT2D eigenvalue weighted by Crippen LogP contribution is 2.23. The van der Waals surface area contributed by atoms with Crippen LogP contribution in [0, 0.1) is 10.1 Å². The lowest BCUT2D eigenvalue weighted by Gasteiger charge is -2.08. The molecule has 0 saturated carbocycles. The van der Waals surface area contributed by atoms with E-state index < -0.39 is 4.92 Å². The minimum Gasteiger partial charge on any atom is -0.489 e. The highest BCUT2D eigenvalue weighted by Gasteiger charge is 2.05. The van der Waals surface area contributed by atoms with Crippen molar-refractivity contribution in [1.29, 1.82) is 0 Å². The van der Waals surface area contributed by atoms with Gasteiger partial charge in [-0.1, -0.05) is 15.9 Å². The van der Waals surface area contributed by atoms with Crippen LogP contribution < -0.4 is 4.74 Å². The molecule has 0 atom stereocenters. The zero-order valence-electron chi connectivity index (χ0n) is 10.5. The zero-order valence-corrected chi connectivity index (χ0v) is 12.0. The molecule has 2 aromatic carbocycles. The van der Waals surface area contributed by atoms with E-state index >= 15 is 0 Å². The molecule has 0 fully saturated rings. The van der Waals surface area contributed by atoms with Crippen LogP contribution in [0.5, 0.6) is 5.75 Å². The molecule has 1 N–H and O–H groups in total. The summed E-state index contributed by atoms with van der Waals surface area (Å²) in [5.41, 5.74) is 1.63. The maximum atomic E-state index is 10.5. The maximum absolute atomic E-state index is 10.5. The van der Waals surface area contributed by atoms with Gasteiger partial charge in [-0.3, -0.25) is 10.1 Å². The number of halogens is 1. The lowest BCUT2D eigenvalue weighted by atomic mass is 10.2. The second kappa shape index (κ2) is 6.49. The molecule has 0 aliphatic heterocycles. The van der Waals surface area contributed by atoms with Crippen molar-refractivity contribution in [2.24, 2.45) is 0 Å². The van der Waals surface area contributed by atoms with Crippen molar-refractivity contribution in [2.45, 2.75) is 13.2 Å². The number of nitro benzene ring substituents is 1. The summed E-state index contributed by atoms with van der Waals surface area (Å²) in [4.78, 5) is 10.1. The second-order valence-corrected chi connectivity index (χ2v) is 4.98. The monoisotopic (exact) mass is 337 g/mol. The standard InChI is InChI=1S/C14H12BrNO4/c15-14-6-5-13(7-11(14)8-17)20-9-10-1-3-12(4-2-10)16(18)19/h1-7,17H,8-9H2. The Kier molecular flexibility index (Phi) is 4.70. The molecular formula is C14H12BrNO4. The SMILES string of the molecule is O=[N+]([O-])c1ccc(COc2ccc(Br)c(CO)c2)cc1. The fraction of sp³-hybridized carbons (Fsp3) is 0.143. The van der Waals surface area contributed by atoms with Gasteiger partial charge in [0, 0.05) is 16.6 Å². The molecule has 6 heteroatoms. The maximum Gasteiger partial charge on any atom is 0.269 e. The highest BCUT2D eigenvalue weighted by atomic mass is 79.9. The van der Waals surface area contributed by atoms with Crippen molar-refractivity contribution in [3.8, 4) is 5.75 Å². The summed E-state index contributed by atoms with van der Waals surface area (Å²) in [7, 11) is 0. The third-order valence-electron chi connectivity index (χ3n) is 2.74. The molecule has 20 heavy (non-hydrogen) atoms. The molecule has 0 spiro atoms. The molecule has 0 amide bonds. The Morgan fingerprint density at radius 3 is 2.50 bits per heavy atom. The topological polar surface area (TPSA) is 72.6 Å². The molecule has 5 nitrogen and oxygen atoms in total. The molecule has 2 aromatic rings. The van der Waals surface area contributed by atoms with E-state index in [2.05, 4.69) is 15.9 Å². The smallest absolute Gasteiger partial charge is 0.269 e. The van der Waals surface area contributed by atoms with Gasteiger partial charge >= 0.3 is 0 Å². The number of hydrogen-bond donors (Lipinski definition) is 1. The van der Waals surface area contributed by atoms with Crippen LogP contribution in [0.1, 0.15) is 11.1 Å². The minimum atomic E-state index is -0.438. The number of aliphatic hydroxyl groups excluding tert-OH is 1. The lowest BCUT2D eigenvalue weighted by molar-refractivity contribution is -0.384. The lowest BCUT2D eigenvalue weighted by Crippen LogP contribution is -1.97. The van der Waals surface area contributed by atoms with E-state index in [1.165, 1.54) is 12.1 Å². The quantitative estimate of drug-likeness (QED) is 0.670. The van der Waals surface area contributed by atoms with Gasteiger partial charge in [-0.25, -0.2) is 0 Å². The first-order valence-corrected chi connectivity index (χ1v) is 6.65. The minimum absolute atomic E-state index is 0.0555. The molecule has 0 aromatic heterocycles. The Morgan fingerprint density at radius 2 is 1.90 bits per heavy atom. The third-order valence-corrected chi connectivity index (χ3v) is 3.51. The summed E-state index contributed by atoms with van der Waals surface area (Å²) in [6.07, 6.45) is 0. The van der Waals surface area contributed by atoms with Crippen molar-refractivity contribution in [3.05, 3.63) is 68.2 Å². The molecule has 0 radical (unpaired) electrons. The van der Waals surface area contributed by atoms with Gasteiger partial charge in [0.15, 0.2) is 0 Å². The van der Waals surface area contributed by atoms with Gasteiger partial charge < -0.3 is 9.84 Å². The number of aliphatic hydroxyl groups is 1. The van der Waals surface area contributed by atoms with E-state index in [0.29, 0.717) is 12.4 Å². The summed E-state index contributed by atoms with van der Waals surface area (Å²) < 4.78 is 6.41. The van der Waals surface area contributed by atoms with E-state index in [9.17, 15) is 10.1 Å². The van der Waals surface area contributed by atoms with Gasteiger partial charge in [-0.05, 0) is 41.5 Å². The summed E-state index contributed by atoms with van der Waals surface area (Å²) in [6, 6.07) is 11.5. The molecule has 0 heterocycles. The van der Waals surface area contributed by atoms with Gasteiger partial charge in [-0.15, -0.1) is 0 Å². The van der Waals surface area contributed by atoms with Crippen LogP contribution >= 0.6 is 15.9 Å². The van der Waals surface area contributed by atoms with Crippen molar-refractivity contribution in [2.75, 3.05) is 0 Å². The van der Waals surface area contributed by atoms with Crippen LogP contribution in [0.3, 0.4) is 0 Å². The predicted molar refractivity (Wildman–Crippen MR) is 77.5 cm³/mol. The summed E-state index contributed by atoms with van der Waals surface area (Å²) >= 11 is 3.33. The van der Waals surface area contributed by atoms with Crippen molar-refractivity contribution in [3.63, 3.8) is 0 Å². The van der Waals surface area contributed by atoms with Gasteiger partial charge in [0.25, 0.3) is 5.69 Å². The van der Waals surface area contributed by atoms with Gasteiger partial charge in [-0.2, -0.15) is 0 Å². The Morgan fingerprint density at radius 1 is 1.20 bits per heavy atom. The first-order chi connectivity index (χ1) is 9.60. The number of benzene rings is 2. The van der Waals surface area contributed by atoms with Crippen molar-refractivity contribution in [1.82, 2.24) is 0 Å². The summed E-state index contributed by atoms with van der Waals surface area (Å²) in [5.74, 6) is 0.635. The molecule has 0 aliphatic carbocycles. The number of nitro groups is 1. The molecule has 0 aliphatic rings. The van der Waals surface area contributed by atoms with E-state index in [0.717, 1.165) is 15.6 Å². The van der Waals surface area contributed by atoms with Crippen LogP contribution in [-0.4, -0.2) is 10.0 Å². The van der Waals surface area contributed by atoms with Crippen molar-refractivity contribution >= 4 is 21.6 Å². The predicted octanol–water partition coefficient (Wildman–Crippen LogP) is 3.43. The van der Waals surface area contributed by atoms with Crippen LogP contribution in [0.25, 0.3) is 0 Å². The Hall–Kier alpha value is -1.92. The summed E-state index contributed by atoms with van der Waals surface area (Å²) in [5, 5.41) is 19.7. The van der Waals surface area contributed by atoms with E-state index in [-0.39, 0.29) is 12.3 Å². The number of non-ortho nitro benzene ring substituents is 1. The fourth-order valence-electron chi connectivity index (χ4n) is 1.64. The molecule has 0 saturated heterocycles. The molecule has 104 valence electrons. The van der Waals surface area contributed by atoms with E-state index in [1.54, 1.807) is 30.3 Å². The second-order valence-electron chi connectivity index (χ2n) is 4.12. The Bertz CT molecular complexity index is 613. The molecule has 2 rings (SSSR count). The van der Waals surface area contributed by atoms with Gasteiger partial charge in [0.05, 0.1) is 11.5 Å². The van der Waals surface area contributed by atoms with Gasteiger partial charge in [0.1, 0.15) is 12.4 Å². The van der Waals surface area contributed by atoms with Crippen LogP contribution in [0.15, 0.2) is 46.9 Å². The molecule has 0 bridgehead atoms. The highest BCUT2D eigenvalue weighted by molar-refractivity contribution is 9.10. The van der Waals surface area contributed by atoms with E-state index in [4.69, 9.17) is 9.84 Å². The fourth-order valence-corrected chi connectivity index (χ4v) is 2.01. The molecule has 0 unspecified atom stereocenters. The number of hydrogen-bond acceptors (Lipinski definition) is 4. The van der Waals surface area contributed by atoms with E-state index in [1.807, 2.05) is 0 Å². The zero-order chi connectivity index (χ0) is 14.5. The van der Waals surface area contributed by atoms with Crippen LogP contribution in [-0.2, 0) is 13.2 Å². The molecular weight excluding hydrogens is 326 g/mol. The van der Waals surface area contributed by atoms with Gasteiger partial charge in [0.2, 0.25) is 0 Å². The normalized spacial score (nSPS) is 10.3. The first kappa shape index (κ1) is 14.5. The van der Waals surface area contributed by atoms with Crippen LogP contribution in [0.2, 0.25) is 0 Å². The van der Waals surface area contributed by atoms with Crippen molar-refractivity contribution < 1.29 is 14.8 Å². The third kappa shape index (κ3) is 3.55. The van der Waals surface area contributed by atoms with Crippen LogP contribution in [0.4, 0.5) is 5.69 Å². The average molecular weight is 338 g/mol. The largest absolute Gasteiger partial charge is 0.489 e. The summed E-state index contributed by atoms with van der Waals surface area (Å²) in [6.45, 7) is 0.236. The Labute approximate surface area is 124 Å². The number of rotatable bonds is 5. The average Bonchev–Trinajstić information content (AvgIpc) is 2.46. The number of ether oxygens (including phenoxy) is 1. The number of nitrogens with zero attached hydrogens (tertiary/aromatic N) is 1. The first-order valence-electron chi connectivity index (χ1n) is 5.85. The Balaban J connectivity index is 2.03.